The van der Waals surface area contributed by atoms with Crippen LogP contribution < -0.4 is 0 Å². The molecule has 4 heteroatoms. The Labute approximate surface area is 108 Å². The van der Waals surface area contributed by atoms with Crippen molar-refractivity contribution in [2.24, 2.45) is 0 Å². The van der Waals surface area contributed by atoms with E-state index in [9.17, 15) is 4.79 Å². The van der Waals surface area contributed by atoms with Gasteiger partial charge in [-0.1, -0.05) is 31.9 Å². The predicted molar refractivity (Wildman–Crippen MR) is 69.6 cm³/mol. The number of hydrogen-bond acceptors (Lipinski definition) is 2. The van der Waals surface area contributed by atoms with Crippen molar-refractivity contribution in [3.8, 4) is 0 Å². The van der Waals surface area contributed by atoms with Gasteiger partial charge in [-0.3, -0.25) is 4.79 Å². The fourth-order valence-electron chi connectivity index (χ4n) is 1.25. The first-order valence-corrected chi connectivity index (χ1v) is 6.73. The average molecular weight is 346 g/mol. The van der Waals surface area contributed by atoms with Crippen molar-refractivity contribution in [3.05, 3.63) is 55.1 Å². The molecule has 0 spiro atoms. The van der Waals surface area contributed by atoms with Crippen LogP contribution in [0.2, 0.25) is 0 Å². The summed E-state index contributed by atoms with van der Waals surface area (Å²) in [5.74, 6) is 0.0539. The Morgan fingerprint density at radius 3 is 2.27 bits per heavy atom. The van der Waals surface area contributed by atoms with E-state index in [1.54, 1.807) is 0 Å². The molecule has 0 fully saturated rings. The van der Waals surface area contributed by atoms with Gasteiger partial charge in [-0.2, -0.15) is 11.3 Å². The fraction of sp³-hybridized carbons (Fsp3) is 0. The molecule has 1 heterocycles. The van der Waals surface area contributed by atoms with Crippen LogP contribution in [0, 0.1) is 0 Å². The molecule has 76 valence electrons. The van der Waals surface area contributed by atoms with E-state index in [4.69, 9.17) is 0 Å². The van der Waals surface area contributed by atoms with Crippen LogP contribution in [0.3, 0.4) is 0 Å². The zero-order chi connectivity index (χ0) is 10.8. The number of rotatable bonds is 2. The molecule has 0 N–H and O–H groups in total. The first-order chi connectivity index (χ1) is 7.16. The number of halogens is 2. The minimum absolute atomic E-state index is 0.0539. The predicted octanol–water partition coefficient (Wildman–Crippen LogP) is 4.50. The van der Waals surface area contributed by atoms with Crippen molar-refractivity contribution in [1.29, 1.82) is 0 Å². The molecule has 0 aliphatic rings. The molecule has 0 aliphatic heterocycles. The summed E-state index contributed by atoms with van der Waals surface area (Å²) in [5.41, 5.74) is 1.43. The zero-order valence-electron chi connectivity index (χ0n) is 7.54. The molecule has 0 atom stereocenters. The molecule has 0 saturated carbocycles. The highest BCUT2D eigenvalue weighted by Crippen LogP contribution is 2.22. The number of benzene rings is 1. The van der Waals surface area contributed by atoms with Crippen LogP contribution in [0.25, 0.3) is 0 Å². The van der Waals surface area contributed by atoms with E-state index in [1.165, 1.54) is 11.3 Å². The summed E-state index contributed by atoms with van der Waals surface area (Å²) < 4.78 is 1.80. The second-order valence-electron chi connectivity index (χ2n) is 3.00. The number of hydrogen-bond donors (Lipinski definition) is 0. The maximum absolute atomic E-state index is 12.0. The summed E-state index contributed by atoms with van der Waals surface area (Å²) in [6.07, 6.45) is 0. The van der Waals surface area contributed by atoms with Gasteiger partial charge in [0.15, 0.2) is 5.78 Å². The molecular formula is C11H6Br2OS. The molecule has 2 rings (SSSR count). The van der Waals surface area contributed by atoms with Crippen molar-refractivity contribution < 1.29 is 4.79 Å². The van der Waals surface area contributed by atoms with Crippen LogP contribution in [-0.4, -0.2) is 5.78 Å². The van der Waals surface area contributed by atoms with E-state index in [-0.39, 0.29) is 5.78 Å². The maximum Gasteiger partial charge on any atom is 0.193 e. The molecule has 15 heavy (non-hydrogen) atoms. The van der Waals surface area contributed by atoms with Gasteiger partial charge in [0.25, 0.3) is 0 Å². The summed E-state index contributed by atoms with van der Waals surface area (Å²) in [6, 6.07) is 7.39. The summed E-state index contributed by atoms with van der Waals surface area (Å²) >= 11 is 8.26. The van der Waals surface area contributed by atoms with Crippen LogP contribution in [0.15, 0.2) is 44.0 Å². The average Bonchev–Trinajstić information content (AvgIpc) is 2.67. The van der Waals surface area contributed by atoms with E-state index >= 15 is 0 Å². The Kier molecular flexibility index (Phi) is 3.38. The van der Waals surface area contributed by atoms with Gasteiger partial charge in [0.1, 0.15) is 0 Å². The molecule has 0 aliphatic carbocycles. The first-order valence-electron chi connectivity index (χ1n) is 4.20. The first kappa shape index (κ1) is 11.0. The van der Waals surface area contributed by atoms with Crippen LogP contribution in [0.1, 0.15) is 15.9 Å². The largest absolute Gasteiger partial charge is 0.289 e. The van der Waals surface area contributed by atoms with E-state index in [0.717, 1.165) is 14.5 Å². The van der Waals surface area contributed by atoms with Crippen LogP contribution in [0.4, 0.5) is 0 Å². The third-order valence-electron chi connectivity index (χ3n) is 1.91. The topological polar surface area (TPSA) is 17.1 Å². The SMILES string of the molecule is O=C(c1ccsc1)c1cc(Br)cc(Br)c1. The van der Waals surface area contributed by atoms with Crippen LogP contribution in [0.5, 0.6) is 0 Å². The van der Waals surface area contributed by atoms with Gasteiger partial charge < -0.3 is 0 Å². The number of ketones is 1. The maximum atomic E-state index is 12.0. The molecule has 0 radical (unpaired) electrons. The lowest BCUT2D eigenvalue weighted by Crippen LogP contribution is -1.99. The Balaban J connectivity index is 2.42. The molecule has 1 aromatic carbocycles. The molecule has 0 amide bonds. The van der Waals surface area contributed by atoms with Crippen LogP contribution in [-0.2, 0) is 0 Å². The lowest BCUT2D eigenvalue weighted by molar-refractivity contribution is 0.103. The Bertz CT molecular complexity index is 471. The molecule has 1 aromatic heterocycles. The highest BCUT2D eigenvalue weighted by atomic mass is 79.9. The Morgan fingerprint density at radius 2 is 1.73 bits per heavy atom. The van der Waals surface area contributed by atoms with Crippen molar-refractivity contribution >= 4 is 49.0 Å². The molecule has 0 unspecified atom stereocenters. The van der Waals surface area contributed by atoms with Crippen molar-refractivity contribution in [2.45, 2.75) is 0 Å². The lowest BCUT2D eigenvalue weighted by Gasteiger charge is -2.00. The van der Waals surface area contributed by atoms with Gasteiger partial charge >= 0.3 is 0 Å². The van der Waals surface area contributed by atoms with Crippen molar-refractivity contribution in [3.63, 3.8) is 0 Å². The number of carbonyl (C=O) groups excluding carboxylic acids is 1. The van der Waals surface area contributed by atoms with Gasteiger partial charge in [-0.05, 0) is 29.6 Å². The number of carbonyl (C=O) groups is 1. The van der Waals surface area contributed by atoms with E-state index in [1.807, 2.05) is 35.0 Å². The standard InChI is InChI=1S/C11H6Br2OS/c12-9-3-8(4-10(13)5-9)11(14)7-1-2-15-6-7/h1-6H. The molecular weight excluding hydrogens is 340 g/mol. The summed E-state index contributed by atoms with van der Waals surface area (Å²) in [6.45, 7) is 0. The highest BCUT2D eigenvalue weighted by molar-refractivity contribution is 9.11. The van der Waals surface area contributed by atoms with Gasteiger partial charge in [-0.25, -0.2) is 0 Å². The highest BCUT2D eigenvalue weighted by Gasteiger charge is 2.10. The van der Waals surface area contributed by atoms with Gasteiger partial charge in [0.05, 0.1) is 0 Å². The minimum atomic E-state index is 0.0539. The van der Waals surface area contributed by atoms with Crippen molar-refractivity contribution in [2.75, 3.05) is 0 Å². The van der Waals surface area contributed by atoms with E-state index < -0.39 is 0 Å². The second-order valence-corrected chi connectivity index (χ2v) is 5.61. The zero-order valence-corrected chi connectivity index (χ0v) is 11.5. The fourth-order valence-corrected chi connectivity index (χ4v) is 3.17. The molecule has 2 aromatic rings. The summed E-state index contributed by atoms with van der Waals surface area (Å²) in [5, 5.41) is 3.76. The number of thiophene rings is 1. The molecule has 0 saturated heterocycles. The van der Waals surface area contributed by atoms with E-state index in [0.29, 0.717) is 5.56 Å². The van der Waals surface area contributed by atoms with Gasteiger partial charge in [0, 0.05) is 25.5 Å². The minimum Gasteiger partial charge on any atom is -0.289 e. The van der Waals surface area contributed by atoms with Crippen molar-refractivity contribution in [1.82, 2.24) is 0 Å². The summed E-state index contributed by atoms with van der Waals surface area (Å²) in [7, 11) is 0. The Hall–Kier alpha value is -0.450. The lowest BCUT2D eigenvalue weighted by atomic mass is 10.1. The molecule has 0 bridgehead atoms. The third-order valence-corrected chi connectivity index (χ3v) is 3.51. The molecule has 1 nitrogen and oxygen atoms in total. The van der Waals surface area contributed by atoms with E-state index in [2.05, 4.69) is 31.9 Å². The smallest absolute Gasteiger partial charge is 0.193 e. The Morgan fingerprint density at radius 1 is 1.07 bits per heavy atom. The van der Waals surface area contributed by atoms with Crippen LogP contribution >= 0.6 is 43.2 Å². The van der Waals surface area contributed by atoms with Gasteiger partial charge in [-0.15, -0.1) is 0 Å². The second kappa shape index (κ2) is 4.60. The quantitative estimate of drug-likeness (QED) is 0.732. The third kappa shape index (κ3) is 2.56. The summed E-state index contributed by atoms with van der Waals surface area (Å²) in [4.78, 5) is 12.0. The van der Waals surface area contributed by atoms with Gasteiger partial charge in [0.2, 0.25) is 0 Å². The normalized spacial score (nSPS) is 10.3. The monoisotopic (exact) mass is 344 g/mol.